The molecule has 2 N–H and O–H groups in total. The third-order valence-electron chi connectivity index (χ3n) is 6.59. The molecular weight excluding hydrogens is 514 g/mol. The Bertz CT molecular complexity index is 1560. The number of halogens is 1. The molecule has 0 saturated carbocycles. The Labute approximate surface area is 232 Å². The summed E-state index contributed by atoms with van der Waals surface area (Å²) >= 11 is 6.31. The molecule has 1 aliphatic rings. The Morgan fingerprint density at radius 2 is 1.87 bits per heavy atom. The lowest BCUT2D eigenvalue weighted by atomic mass is 9.94. The average molecular weight is 544 g/mol. The third-order valence-corrected chi connectivity index (χ3v) is 6.96. The minimum absolute atomic E-state index is 0.227. The smallest absolute Gasteiger partial charge is 0.255 e. The maximum Gasteiger partial charge on any atom is 0.255 e. The Hall–Kier alpha value is -4.30. The van der Waals surface area contributed by atoms with Crippen LogP contribution >= 0.6 is 11.6 Å². The van der Waals surface area contributed by atoms with E-state index in [2.05, 4.69) is 20.7 Å². The van der Waals surface area contributed by atoms with E-state index in [9.17, 15) is 4.79 Å². The van der Waals surface area contributed by atoms with Gasteiger partial charge in [-0.2, -0.15) is 10.1 Å². The van der Waals surface area contributed by atoms with Crippen molar-refractivity contribution < 1.29 is 14.3 Å². The predicted octanol–water partition coefficient (Wildman–Crippen LogP) is 6.45. The molecule has 9 heteroatoms. The zero-order valence-corrected chi connectivity index (χ0v) is 23.0. The highest BCUT2D eigenvalue weighted by molar-refractivity contribution is 6.31. The fourth-order valence-electron chi connectivity index (χ4n) is 4.69. The number of rotatable bonds is 8. The molecule has 1 unspecified atom stereocenters. The van der Waals surface area contributed by atoms with E-state index in [0.29, 0.717) is 47.0 Å². The highest BCUT2D eigenvalue weighted by atomic mass is 35.5. The summed E-state index contributed by atoms with van der Waals surface area (Å²) in [5.74, 6) is 1.47. The molecule has 1 aliphatic heterocycles. The van der Waals surface area contributed by atoms with Crippen molar-refractivity contribution in [3.63, 3.8) is 0 Å². The van der Waals surface area contributed by atoms with E-state index in [-0.39, 0.29) is 5.91 Å². The number of aromatic nitrogens is 3. The van der Waals surface area contributed by atoms with Crippen molar-refractivity contribution in [2.75, 3.05) is 17.2 Å². The van der Waals surface area contributed by atoms with Crippen molar-refractivity contribution in [1.29, 1.82) is 0 Å². The fraction of sp³-hybridized carbons (Fsp3) is 0.233. The number of allylic oxidation sites excluding steroid dienone is 1. The molecule has 0 saturated heterocycles. The van der Waals surface area contributed by atoms with Gasteiger partial charge in [-0.3, -0.25) is 4.79 Å². The molecule has 3 aromatic carbocycles. The lowest BCUT2D eigenvalue weighted by molar-refractivity contribution is -0.113. The van der Waals surface area contributed by atoms with Crippen LogP contribution in [0, 0.1) is 13.8 Å². The Morgan fingerprint density at radius 3 is 2.64 bits per heavy atom. The van der Waals surface area contributed by atoms with E-state index in [1.54, 1.807) is 4.68 Å². The second-order valence-corrected chi connectivity index (χ2v) is 9.79. The highest BCUT2D eigenvalue weighted by Crippen LogP contribution is 2.39. The molecule has 1 amide bonds. The molecule has 1 atom stereocenters. The molecule has 0 fully saturated rings. The minimum Gasteiger partial charge on any atom is -0.490 e. The third kappa shape index (κ3) is 5.47. The van der Waals surface area contributed by atoms with E-state index >= 15 is 0 Å². The van der Waals surface area contributed by atoms with Crippen LogP contribution in [0.3, 0.4) is 0 Å². The Morgan fingerprint density at radius 1 is 1.05 bits per heavy atom. The fourth-order valence-corrected chi connectivity index (χ4v) is 4.88. The van der Waals surface area contributed by atoms with E-state index in [4.69, 9.17) is 21.1 Å². The lowest BCUT2D eigenvalue weighted by Crippen LogP contribution is -2.31. The van der Waals surface area contributed by atoms with Crippen LogP contribution in [0.25, 0.3) is 0 Å². The number of amides is 1. The van der Waals surface area contributed by atoms with Gasteiger partial charge < -0.3 is 20.1 Å². The van der Waals surface area contributed by atoms with Crippen LogP contribution in [-0.2, 0) is 11.4 Å². The second kappa shape index (κ2) is 11.2. The first-order chi connectivity index (χ1) is 18.9. The van der Waals surface area contributed by atoms with Crippen molar-refractivity contribution in [2.45, 2.75) is 40.3 Å². The number of benzene rings is 3. The molecule has 0 spiro atoms. The standard InChI is InChI=1S/C30H30ClN5O3/c1-5-38-26-15-21(11-13-25(26)39-16-22-8-6-7-9-23(22)31)28-27(20(4)34-30-32-17-33-36(28)30)29(37)35-24-12-10-18(2)14-19(24)3/h6-15,17,28H,5,16H2,1-4H3,(H,35,37)(H,32,33,34). The van der Waals surface area contributed by atoms with Crippen LogP contribution in [0.1, 0.15) is 42.1 Å². The van der Waals surface area contributed by atoms with Crippen LogP contribution in [0.2, 0.25) is 5.02 Å². The predicted molar refractivity (Wildman–Crippen MR) is 152 cm³/mol. The first-order valence-corrected chi connectivity index (χ1v) is 13.1. The molecule has 39 heavy (non-hydrogen) atoms. The monoisotopic (exact) mass is 543 g/mol. The summed E-state index contributed by atoms with van der Waals surface area (Å²) in [5, 5.41) is 11.4. The molecule has 0 radical (unpaired) electrons. The van der Waals surface area contributed by atoms with Gasteiger partial charge in [-0.25, -0.2) is 4.68 Å². The number of nitrogens with zero attached hydrogens (tertiary/aromatic N) is 3. The van der Waals surface area contributed by atoms with E-state index < -0.39 is 6.04 Å². The molecule has 0 aliphatic carbocycles. The van der Waals surface area contributed by atoms with Crippen LogP contribution in [0.5, 0.6) is 11.5 Å². The summed E-state index contributed by atoms with van der Waals surface area (Å²) in [6.45, 7) is 8.52. The largest absolute Gasteiger partial charge is 0.490 e. The molecule has 0 bridgehead atoms. The topological polar surface area (TPSA) is 90.3 Å². The van der Waals surface area contributed by atoms with Gasteiger partial charge in [0.25, 0.3) is 5.91 Å². The van der Waals surface area contributed by atoms with Gasteiger partial charge in [0, 0.05) is 22.0 Å². The SMILES string of the molecule is CCOc1cc(C2C(C(=O)Nc3ccc(C)cc3C)=C(C)Nc3ncnn32)ccc1OCc1ccccc1Cl. The summed E-state index contributed by atoms with van der Waals surface area (Å²) < 4.78 is 13.8. The number of ether oxygens (including phenoxy) is 2. The van der Waals surface area contributed by atoms with Crippen molar-refractivity contribution in [1.82, 2.24) is 14.8 Å². The number of hydrogen-bond acceptors (Lipinski definition) is 6. The van der Waals surface area contributed by atoms with Gasteiger partial charge in [-0.15, -0.1) is 0 Å². The summed E-state index contributed by atoms with van der Waals surface area (Å²) in [7, 11) is 0. The van der Waals surface area contributed by atoms with E-state index in [1.807, 2.05) is 88.4 Å². The Kier molecular flexibility index (Phi) is 7.56. The van der Waals surface area contributed by atoms with E-state index in [0.717, 1.165) is 27.9 Å². The molecule has 4 aromatic rings. The van der Waals surface area contributed by atoms with Gasteiger partial charge in [0.15, 0.2) is 11.5 Å². The molecule has 2 heterocycles. The molecule has 5 rings (SSSR count). The maximum atomic E-state index is 13.8. The number of hydrogen-bond donors (Lipinski definition) is 2. The number of anilines is 2. The summed E-state index contributed by atoms with van der Waals surface area (Å²) in [5.41, 5.74) is 5.78. The van der Waals surface area contributed by atoms with Gasteiger partial charge in [-0.1, -0.05) is 53.6 Å². The number of nitrogens with one attached hydrogen (secondary N) is 2. The number of carbonyl (C=O) groups excluding carboxylic acids is 1. The average Bonchev–Trinajstić information content (AvgIpc) is 3.37. The number of carbonyl (C=O) groups is 1. The highest BCUT2D eigenvalue weighted by Gasteiger charge is 2.34. The zero-order chi connectivity index (χ0) is 27.5. The van der Waals surface area contributed by atoms with Crippen molar-refractivity contribution in [2.24, 2.45) is 0 Å². The van der Waals surface area contributed by atoms with Crippen molar-refractivity contribution in [3.05, 3.63) is 106 Å². The van der Waals surface area contributed by atoms with Crippen molar-refractivity contribution >= 4 is 29.1 Å². The Balaban J connectivity index is 1.50. The minimum atomic E-state index is -0.536. The maximum absolute atomic E-state index is 13.8. The summed E-state index contributed by atoms with van der Waals surface area (Å²) in [6.07, 6.45) is 1.47. The van der Waals surface area contributed by atoms with Gasteiger partial charge in [-0.05, 0) is 63.1 Å². The first-order valence-electron chi connectivity index (χ1n) is 12.7. The number of fused-ring (bicyclic) bond motifs is 1. The normalized spacial score (nSPS) is 14.4. The second-order valence-electron chi connectivity index (χ2n) is 9.39. The van der Waals surface area contributed by atoms with Gasteiger partial charge >= 0.3 is 0 Å². The van der Waals surface area contributed by atoms with Crippen LogP contribution in [0.4, 0.5) is 11.6 Å². The quantitative estimate of drug-likeness (QED) is 0.265. The number of aryl methyl sites for hydroxylation is 2. The van der Waals surface area contributed by atoms with Crippen molar-refractivity contribution in [3.8, 4) is 11.5 Å². The molecule has 1 aromatic heterocycles. The molecule has 8 nitrogen and oxygen atoms in total. The van der Waals surface area contributed by atoms with Crippen LogP contribution in [-0.4, -0.2) is 27.3 Å². The summed E-state index contributed by atoms with van der Waals surface area (Å²) in [4.78, 5) is 18.1. The van der Waals surface area contributed by atoms with Crippen LogP contribution in [0.15, 0.2) is 78.3 Å². The lowest BCUT2D eigenvalue weighted by Gasteiger charge is -2.29. The van der Waals surface area contributed by atoms with Gasteiger partial charge in [0.05, 0.1) is 12.2 Å². The molecule has 200 valence electrons. The van der Waals surface area contributed by atoms with Gasteiger partial charge in [0.2, 0.25) is 5.95 Å². The van der Waals surface area contributed by atoms with E-state index in [1.165, 1.54) is 6.33 Å². The molecular formula is C30H30ClN5O3. The first kappa shape index (κ1) is 26.3. The summed E-state index contributed by atoms with van der Waals surface area (Å²) in [6, 6.07) is 18.6. The van der Waals surface area contributed by atoms with Gasteiger partial charge in [0.1, 0.15) is 19.0 Å². The van der Waals surface area contributed by atoms with Crippen LogP contribution < -0.4 is 20.1 Å². The zero-order valence-electron chi connectivity index (χ0n) is 22.3.